The number of aromatic amines is 1. The van der Waals surface area contributed by atoms with Gasteiger partial charge < -0.3 is 4.57 Å². The van der Waals surface area contributed by atoms with Crippen molar-refractivity contribution in [2.75, 3.05) is 5.43 Å². The first-order valence-electron chi connectivity index (χ1n) is 11.7. The molecule has 0 bridgehead atoms. The smallest absolute Gasteiger partial charge is 0.303 e. The fourth-order valence-corrected chi connectivity index (χ4v) is 3.72. The summed E-state index contributed by atoms with van der Waals surface area (Å²) in [5.41, 5.74) is 4.67. The molecule has 3 aromatic rings. The molecular weight excluding hydrogens is 416 g/mol. The van der Waals surface area contributed by atoms with E-state index in [0.29, 0.717) is 23.7 Å². The normalized spacial score (nSPS) is 12.2. The molecule has 8 nitrogen and oxygen atoms in total. The Bertz CT molecular complexity index is 1220. The van der Waals surface area contributed by atoms with Crippen LogP contribution in [0.4, 0.5) is 5.95 Å². The predicted molar refractivity (Wildman–Crippen MR) is 136 cm³/mol. The molecule has 0 unspecified atom stereocenters. The molecule has 0 amide bonds. The van der Waals surface area contributed by atoms with Crippen LogP contribution < -0.4 is 16.7 Å². The maximum atomic E-state index is 12.6. The summed E-state index contributed by atoms with van der Waals surface area (Å²) in [5.74, 6) is 0.454. The number of unbranched alkanes of at least 4 members (excludes halogenated alkanes) is 6. The van der Waals surface area contributed by atoms with Gasteiger partial charge in [0.05, 0.1) is 5.71 Å². The average molecular weight is 451 g/mol. The van der Waals surface area contributed by atoms with Crippen LogP contribution in [0, 0.1) is 0 Å². The fraction of sp³-hybridized carbons (Fsp3) is 0.440. The molecule has 0 aliphatic carbocycles. The molecule has 2 heterocycles. The van der Waals surface area contributed by atoms with Crippen molar-refractivity contribution in [3.63, 3.8) is 0 Å². The van der Waals surface area contributed by atoms with Crippen molar-refractivity contribution in [1.82, 2.24) is 19.1 Å². The van der Waals surface area contributed by atoms with E-state index >= 15 is 0 Å². The summed E-state index contributed by atoms with van der Waals surface area (Å²) < 4.78 is 3.19. The van der Waals surface area contributed by atoms with E-state index < -0.39 is 11.2 Å². The predicted octanol–water partition coefficient (Wildman–Crippen LogP) is 4.68. The number of benzene rings is 1. The van der Waals surface area contributed by atoms with E-state index in [1.165, 1.54) is 36.7 Å². The van der Waals surface area contributed by atoms with Crippen molar-refractivity contribution in [2.24, 2.45) is 12.1 Å². The van der Waals surface area contributed by atoms with E-state index in [9.17, 15) is 9.59 Å². The molecule has 0 saturated heterocycles. The van der Waals surface area contributed by atoms with Gasteiger partial charge in [0.15, 0.2) is 11.2 Å². The third kappa shape index (κ3) is 6.54. The lowest BCUT2D eigenvalue weighted by atomic mass is 10.1. The molecule has 0 saturated carbocycles. The van der Waals surface area contributed by atoms with Crippen LogP contribution in [0.15, 0.2) is 51.1 Å². The maximum Gasteiger partial charge on any atom is 0.329 e. The number of fused-ring (bicyclic) bond motifs is 1. The zero-order valence-electron chi connectivity index (χ0n) is 19.8. The third-order valence-electron chi connectivity index (χ3n) is 5.64. The van der Waals surface area contributed by atoms with Crippen LogP contribution in [0.25, 0.3) is 17.2 Å². The van der Waals surface area contributed by atoms with Gasteiger partial charge in [-0.3, -0.25) is 14.3 Å². The van der Waals surface area contributed by atoms with Gasteiger partial charge in [-0.05, 0) is 25.0 Å². The van der Waals surface area contributed by atoms with Crippen molar-refractivity contribution < 1.29 is 0 Å². The van der Waals surface area contributed by atoms with Gasteiger partial charge >= 0.3 is 5.69 Å². The minimum absolute atomic E-state index is 0.349. The topological polar surface area (TPSA) is 97.1 Å². The number of anilines is 1. The molecule has 0 radical (unpaired) electrons. The number of aromatic nitrogens is 4. The van der Waals surface area contributed by atoms with Crippen LogP contribution in [0.3, 0.4) is 0 Å². The molecule has 2 aromatic heterocycles. The van der Waals surface area contributed by atoms with E-state index in [-0.39, 0.29) is 0 Å². The van der Waals surface area contributed by atoms with Crippen molar-refractivity contribution in [2.45, 2.75) is 65.3 Å². The second kappa shape index (κ2) is 12.0. The Hall–Kier alpha value is -3.42. The number of imidazole rings is 1. The van der Waals surface area contributed by atoms with E-state index in [0.717, 1.165) is 24.1 Å². The highest BCUT2D eigenvalue weighted by molar-refractivity contribution is 5.96. The molecule has 2 N–H and O–H groups in total. The second-order valence-electron chi connectivity index (χ2n) is 8.31. The monoisotopic (exact) mass is 450 g/mol. The third-order valence-corrected chi connectivity index (χ3v) is 5.64. The summed E-state index contributed by atoms with van der Waals surface area (Å²) in [4.78, 5) is 31.5. The lowest BCUT2D eigenvalue weighted by molar-refractivity contribution is 0.556. The van der Waals surface area contributed by atoms with Gasteiger partial charge in [0.25, 0.3) is 5.56 Å². The maximum absolute atomic E-state index is 12.6. The molecule has 1 aromatic carbocycles. The number of nitrogens with zero attached hydrogens (tertiary/aromatic N) is 4. The minimum atomic E-state index is -0.481. The minimum Gasteiger partial charge on any atom is -0.303 e. The highest BCUT2D eigenvalue weighted by atomic mass is 16.2. The van der Waals surface area contributed by atoms with Gasteiger partial charge in [-0.2, -0.15) is 10.1 Å². The van der Waals surface area contributed by atoms with Gasteiger partial charge in [-0.25, -0.2) is 10.2 Å². The van der Waals surface area contributed by atoms with E-state index in [1.54, 1.807) is 7.05 Å². The molecular formula is C25H34N6O2. The molecule has 8 heteroatoms. The number of rotatable bonds is 12. The summed E-state index contributed by atoms with van der Waals surface area (Å²) in [5, 5.41) is 4.42. The highest BCUT2D eigenvalue weighted by Crippen LogP contribution is 2.17. The quantitative estimate of drug-likeness (QED) is 0.238. The van der Waals surface area contributed by atoms with Crippen molar-refractivity contribution >= 4 is 28.9 Å². The summed E-state index contributed by atoms with van der Waals surface area (Å²) in [6, 6.07) is 9.98. The van der Waals surface area contributed by atoms with Crippen LogP contribution in [0.2, 0.25) is 0 Å². The van der Waals surface area contributed by atoms with E-state index in [1.807, 2.05) is 54.0 Å². The van der Waals surface area contributed by atoms with Crippen molar-refractivity contribution in [1.29, 1.82) is 0 Å². The van der Waals surface area contributed by atoms with Gasteiger partial charge in [0.2, 0.25) is 5.95 Å². The van der Waals surface area contributed by atoms with Gasteiger partial charge in [0.1, 0.15) is 0 Å². The van der Waals surface area contributed by atoms with E-state index in [2.05, 4.69) is 27.4 Å². The Morgan fingerprint density at radius 1 is 1.09 bits per heavy atom. The molecule has 0 atom stereocenters. The SMILES string of the molecule is CCCCCCCCCn1c(N/N=C(C)\C=C\c2ccccc2)nc2c1c(=O)[nH]c(=O)n2C. The first-order chi connectivity index (χ1) is 16.0. The Balaban J connectivity index is 1.79. The van der Waals surface area contributed by atoms with Gasteiger partial charge in [0, 0.05) is 13.6 Å². The second-order valence-corrected chi connectivity index (χ2v) is 8.31. The van der Waals surface area contributed by atoms with Crippen LogP contribution in [-0.2, 0) is 13.6 Å². The van der Waals surface area contributed by atoms with E-state index in [4.69, 9.17) is 0 Å². The molecule has 0 fully saturated rings. The molecule has 176 valence electrons. The standard InChI is InChI=1S/C25H34N6O2/c1-4-5-6-7-8-9-13-18-31-21-22(30(3)25(33)27-23(21)32)26-24(31)29-28-19(2)16-17-20-14-11-10-12-15-20/h10-12,14-17H,4-9,13,18H2,1-3H3,(H,26,29)(H,27,32,33)/b17-16+,28-19-. The molecule has 0 spiro atoms. The lowest BCUT2D eigenvalue weighted by Gasteiger charge is -2.08. The number of allylic oxidation sites excluding steroid dienone is 1. The summed E-state index contributed by atoms with van der Waals surface area (Å²) in [6.07, 6.45) is 12.1. The zero-order valence-corrected chi connectivity index (χ0v) is 19.8. The van der Waals surface area contributed by atoms with Crippen molar-refractivity contribution in [3.8, 4) is 0 Å². The number of nitrogens with one attached hydrogen (secondary N) is 2. The first kappa shape index (κ1) is 24.2. The summed E-state index contributed by atoms with van der Waals surface area (Å²) in [6.45, 7) is 4.73. The van der Waals surface area contributed by atoms with Gasteiger partial charge in [-0.15, -0.1) is 0 Å². The molecule has 0 aliphatic rings. The summed E-state index contributed by atoms with van der Waals surface area (Å²) >= 11 is 0. The highest BCUT2D eigenvalue weighted by Gasteiger charge is 2.17. The number of H-pyrrole nitrogens is 1. The molecule has 3 rings (SSSR count). The van der Waals surface area contributed by atoms with Crippen LogP contribution >= 0.6 is 0 Å². The first-order valence-corrected chi connectivity index (χ1v) is 11.7. The zero-order chi connectivity index (χ0) is 23.6. The number of aryl methyl sites for hydroxylation is 2. The van der Waals surface area contributed by atoms with Crippen molar-refractivity contribution in [3.05, 3.63) is 62.8 Å². The Morgan fingerprint density at radius 2 is 1.79 bits per heavy atom. The lowest BCUT2D eigenvalue weighted by Crippen LogP contribution is -2.29. The number of hydrazone groups is 1. The molecule has 33 heavy (non-hydrogen) atoms. The molecule has 0 aliphatic heterocycles. The fourth-order valence-electron chi connectivity index (χ4n) is 3.72. The Morgan fingerprint density at radius 3 is 2.52 bits per heavy atom. The van der Waals surface area contributed by atoms with Gasteiger partial charge in [-0.1, -0.05) is 81.9 Å². The van der Waals surface area contributed by atoms with Crippen LogP contribution in [0.5, 0.6) is 0 Å². The number of hydrogen-bond donors (Lipinski definition) is 2. The van der Waals surface area contributed by atoms with Crippen LogP contribution in [0.1, 0.15) is 64.4 Å². The Labute approximate surface area is 194 Å². The largest absolute Gasteiger partial charge is 0.329 e. The Kier molecular flexibility index (Phi) is 8.80. The summed E-state index contributed by atoms with van der Waals surface area (Å²) in [7, 11) is 1.60. The number of hydrogen-bond acceptors (Lipinski definition) is 5. The van der Waals surface area contributed by atoms with Crippen LogP contribution in [-0.4, -0.2) is 24.8 Å². The average Bonchev–Trinajstić information content (AvgIpc) is 3.19.